The number of nitrogens with zero attached hydrogens (tertiary/aromatic N) is 3. The number of hydrogen-bond acceptors (Lipinski definition) is 5. The van der Waals surface area contributed by atoms with Crippen LogP contribution in [0, 0.1) is 19.8 Å². The topological polar surface area (TPSA) is 75.2 Å². The van der Waals surface area contributed by atoms with E-state index in [9.17, 15) is 9.59 Å². The Labute approximate surface area is 186 Å². The molecule has 160 valence electrons. The van der Waals surface area contributed by atoms with Gasteiger partial charge in [-0.1, -0.05) is 54.7 Å². The summed E-state index contributed by atoms with van der Waals surface area (Å²) < 4.78 is 0. The first-order chi connectivity index (χ1) is 14.9. The van der Waals surface area contributed by atoms with Crippen LogP contribution in [0.25, 0.3) is 0 Å². The molecule has 2 aromatic carbocycles. The van der Waals surface area contributed by atoms with E-state index >= 15 is 0 Å². The quantitative estimate of drug-likeness (QED) is 0.620. The molecule has 1 saturated heterocycles. The van der Waals surface area contributed by atoms with E-state index in [4.69, 9.17) is 0 Å². The van der Waals surface area contributed by atoms with Gasteiger partial charge in [0.1, 0.15) is 5.01 Å². The van der Waals surface area contributed by atoms with Crippen molar-refractivity contribution in [2.75, 3.05) is 16.8 Å². The predicted octanol–water partition coefficient (Wildman–Crippen LogP) is 4.49. The van der Waals surface area contributed by atoms with Gasteiger partial charge in [0.25, 0.3) is 0 Å². The number of rotatable bonds is 6. The number of carbonyl (C=O) groups excluding carboxylic acids is 2. The van der Waals surface area contributed by atoms with Crippen LogP contribution in [0.2, 0.25) is 0 Å². The number of aromatic nitrogens is 2. The summed E-state index contributed by atoms with van der Waals surface area (Å²) in [5.41, 5.74) is 4.40. The molecule has 2 heterocycles. The molecular formula is C24H26N4O2S. The molecule has 0 radical (unpaired) electrons. The maximum absolute atomic E-state index is 12.8. The van der Waals surface area contributed by atoms with Crippen molar-refractivity contribution in [3.05, 3.63) is 70.2 Å². The number of amides is 2. The third kappa shape index (κ3) is 4.82. The lowest BCUT2D eigenvalue weighted by Crippen LogP contribution is -2.28. The summed E-state index contributed by atoms with van der Waals surface area (Å²) >= 11 is 1.39. The van der Waals surface area contributed by atoms with Gasteiger partial charge in [0.05, 0.1) is 5.92 Å². The number of aryl methyl sites for hydroxylation is 2. The zero-order valence-corrected chi connectivity index (χ0v) is 18.8. The van der Waals surface area contributed by atoms with E-state index < -0.39 is 5.92 Å². The lowest BCUT2D eigenvalue weighted by atomic mass is 9.98. The molecule has 2 unspecified atom stereocenters. The van der Waals surface area contributed by atoms with Gasteiger partial charge >= 0.3 is 0 Å². The number of nitrogens with one attached hydrogen (secondary N) is 1. The van der Waals surface area contributed by atoms with Gasteiger partial charge < -0.3 is 10.2 Å². The second-order valence-corrected chi connectivity index (χ2v) is 9.24. The fourth-order valence-electron chi connectivity index (χ4n) is 3.78. The van der Waals surface area contributed by atoms with Crippen molar-refractivity contribution in [3.63, 3.8) is 0 Å². The molecule has 6 nitrogen and oxygen atoms in total. The van der Waals surface area contributed by atoms with Crippen LogP contribution in [0.5, 0.6) is 0 Å². The van der Waals surface area contributed by atoms with Crippen LogP contribution in [-0.4, -0.2) is 28.6 Å². The molecule has 2 amide bonds. The molecule has 0 spiro atoms. The van der Waals surface area contributed by atoms with Gasteiger partial charge in [0.2, 0.25) is 16.9 Å². The summed E-state index contributed by atoms with van der Waals surface area (Å²) in [7, 11) is 0. The molecule has 0 saturated carbocycles. The number of carbonyl (C=O) groups is 2. The molecule has 1 fully saturated rings. The molecule has 1 aliphatic heterocycles. The van der Waals surface area contributed by atoms with Crippen LogP contribution in [0.1, 0.15) is 41.0 Å². The Morgan fingerprint density at radius 2 is 1.94 bits per heavy atom. The van der Waals surface area contributed by atoms with Crippen molar-refractivity contribution < 1.29 is 9.59 Å². The second-order valence-electron chi connectivity index (χ2n) is 8.18. The maximum Gasteiger partial charge on any atom is 0.231 e. The van der Waals surface area contributed by atoms with Crippen LogP contribution in [0.15, 0.2) is 48.5 Å². The normalized spacial score (nSPS) is 17.1. The SMILES string of the molecule is Cc1ccc(N2CC(C(=O)Nc3nnc(CC(C)c4ccccc4)s3)CC2=O)cc1C. The van der Waals surface area contributed by atoms with Crippen LogP contribution < -0.4 is 10.2 Å². The van der Waals surface area contributed by atoms with Gasteiger partial charge in [-0.05, 0) is 48.6 Å². The molecule has 7 heteroatoms. The average Bonchev–Trinajstić information content (AvgIpc) is 3.37. The summed E-state index contributed by atoms with van der Waals surface area (Å²) in [6.45, 7) is 6.59. The van der Waals surface area contributed by atoms with E-state index in [1.807, 2.05) is 50.2 Å². The highest BCUT2D eigenvalue weighted by Gasteiger charge is 2.35. The molecule has 1 aromatic heterocycles. The van der Waals surface area contributed by atoms with E-state index in [-0.39, 0.29) is 18.2 Å². The minimum absolute atomic E-state index is 0.0296. The standard InChI is InChI=1S/C24H26N4O2S/c1-15-9-10-20(11-16(15)2)28-14-19(13-22(28)29)23(30)25-24-27-26-21(31-24)12-17(3)18-7-5-4-6-8-18/h4-11,17,19H,12-14H2,1-3H3,(H,25,27,30). The summed E-state index contributed by atoms with van der Waals surface area (Å²) in [4.78, 5) is 27.0. The fourth-order valence-corrected chi connectivity index (χ4v) is 4.65. The molecule has 1 aliphatic rings. The van der Waals surface area contributed by atoms with E-state index in [1.165, 1.54) is 22.5 Å². The Morgan fingerprint density at radius 3 is 2.68 bits per heavy atom. The first kappa shape index (κ1) is 21.2. The van der Waals surface area contributed by atoms with Crippen molar-refractivity contribution in [1.82, 2.24) is 10.2 Å². The van der Waals surface area contributed by atoms with Crippen molar-refractivity contribution in [3.8, 4) is 0 Å². The fraction of sp³-hybridized carbons (Fsp3) is 0.333. The van der Waals surface area contributed by atoms with Crippen LogP contribution >= 0.6 is 11.3 Å². The number of benzene rings is 2. The third-order valence-electron chi connectivity index (χ3n) is 5.84. The average molecular weight is 435 g/mol. The van der Waals surface area contributed by atoms with Gasteiger partial charge in [-0.3, -0.25) is 9.59 Å². The zero-order chi connectivity index (χ0) is 22.0. The minimum atomic E-state index is -0.398. The van der Waals surface area contributed by atoms with E-state index in [0.29, 0.717) is 17.6 Å². The van der Waals surface area contributed by atoms with Gasteiger partial charge in [-0.15, -0.1) is 10.2 Å². The largest absolute Gasteiger partial charge is 0.312 e. The maximum atomic E-state index is 12.8. The van der Waals surface area contributed by atoms with Crippen LogP contribution in [-0.2, 0) is 16.0 Å². The first-order valence-corrected chi connectivity index (χ1v) is 11.3. The van der Waals surface area contributed by atoms with Crippen molar-refractivity contribution >= 4 is 34.0 Å². The Hall–Kier alpha value is -3.06. The molecular weight excluding hydrogens is 408 g/mol. The molecule has 31 heavy (non-hydrogen) atoms. The molecule has 1 N–H and O–H groups in total. The van der Waals surface area contributed by atoms with Gasteiger partial charge in [0.15, 0.2) is 0 Å². The lowest BCUT2D eigenvalue weighted by Gasteiger charge is -2.17. The Morgan fingerprint density at radius 1 is 1.16 bits per heavy atom. The molecule has 3 aromatic rings. The zero-order valence-electron chi connectivity index (χ0n) is 18.0. The molecule has 0 aliphatic carbocycles. The predicted molar refractivity (Wildman–Crippen MR) is 123 cm³/mol. The van der Waals surface area contributed by atoms with Crippen LogP contribution in [0.3, 0.4) is 0 Å². The molecule has 2 atom stereocenters. The van der Waals surface area contributed by atoms with Gasteiger partial charge in [0, 0.05) is 25.1 Å². The van der Waals surface area contributed by atoms with Gasteiger partial charge in [-0.25, -0.2) is 0 Å². The second kappa shape index (κ2) is 8.98. The van der Waals surface area contributed by atoms with Gasteiger partial charge in [-0.2, -0.15) is 0 Å². The Balaban J connectivity index is 1.36. The molecule has 0 bridgehead atoms. The van der Waals surface area contributed by atoms with Crippen LogP contribution in [0.4, 0.5) is 10.8 Å². The summed E-state index contributed by atoms with van der Waals surface area (Å²) in [5, 5.41) is 12.6. The van der Waals surface area contributed by atoms with E-state index in [1.54, 1.807) is 4.90 Å². The van der Waals surface area contributed by atoms with Crippen molar-refractivity contribution in [1.29, 1.82) is 0 Å². The highest BCUT2D eigenvalue weighted by Crippen LogP contribution is 2.29. The van der Waals surface area contributed by atoms with Crippen molar-refractivity contribution in [2.24, 2.45) is 5.92 Å². The molecule has 4 rings (SSSR count). The number of anilines is 2. The summed E-state index contributed by atoms with van der Waals surface area (Å²) in [6, 6.07) is 16.2. The smallest absolute Gasteiger partial charge is 0.231 e. The van der Waals surface area contributed by atoms with Crippen molar-refractivity contribution in [2.45, 2.75) is 39.5 Å². The summed E-state index contributed by atoms with van der Waals surface area (Å²) in [5.74, 6) is -0.294. The summed E-state index contributed by atoms with van der Waals surface area (Å²) in [6.07, 6.45) is 0.968. The van der Waals surface area contributed by atoms with E-state index in [2.05, 4.69) is 34.6 Å². The Kier molecular flexibility index (Phi) is 6.13. The monoisotopic (exact) mass is 434 g/mol. The first-order valence-electron chi connectivity index (χ1n) is 10.5. The highest BCUT2D eigenvalue weighted by atomic mass is 32.1. The van der Waals surface area contributed by atoms with E-state index in [0.717, 1.165) is 22.7 Å². The third-order valence-corrected chi connectivity index (χ3v) is 6.71. The number of hydrogen-bond donors (Lipinski definition) is 1. The highest BCUT2D eigenvalue weighted by molar-refractivity contribution is 7.15. The minimum Gasteiger partial charge on any atom is -0.312 e. The lowest BCUT2D eigenvalue weighted by molar-refractivity contribution is -0.122. The Bertz CT molecular complexity index is 1100.